The third-order valence-electron chi connectivity index (χ3n) is 5.43. The van der Waals surface area contributed by atoms with Gasteiger partial charge in [0, 0.05) is 12.6 Å². The Morgan fingerprint density at radius 1 is 1.41 bits per heavy atom. The van der Waals surface area contributed by atoms with Gasteiger partial charge in [0.1, 0.15) is 11.4 Å². The van der Waals surface area contributed by atoms with E-state index in [9.17, 15) is 18.0 Å². The van der Waals surface area contributed by atoms with Gasteiger partial charge in [0.05, 0.1) is 9.75 Å². The Labute approximate surface area is 159 Å². The topological polar surface area (TPSA) is 46.9 Å². The largest absolute Gasteiger partial charge is 0.433 e. The number of aromatic nitrogens is 2. The molecule has 144 valence electrons. The maximum absolute atomic E-state index is 13.0. The third kappa shape index (κ3) is 3.54. The van der Waals surface area contributed by atoms with Gasteiger partial charge in [-0.3, -0.25) is 9.48 Å². The number of hydrogen-bond acceptors (Lipinski definition) is 3. The van der Waals surface area contributed by atoms with Crippen LogP contribution in [-0.4, -0.2) is 21.2 Å². The van der Waals surface area contributed by atoms with Crippen LogP contribution in [0.2, 0.25) is 0 Å². The number of aryl methyl sites for hydroxylation is 1. The van der Waals surface area contributed by atoms with Crippen LogP contribution in [0, 0.1) is 5.92 Å². The maximum Gasteiger partial charge on any atom is 0.433 e. The van der Waals surface area contributed by atoms with E-state index in [1.165, 1.54) is 24.8 Å². The Morgan fingerprint density at radius 2 is 2.22 bits per heavy atom. The molecule has 1 fully saturated rings. The number of alkyl halides is 3. The molecule has 1 amide bonds. The van der Waals surface area contributed by atoms with Crippen LogP contribution < -0.4 is 5.32 Å². The lowest BCUT2D eigenvalue weighted by Crippen LogP contribution is -2.52. The predicted molar refractivity (Wildman–Crippen MR) is 97.4 cm³/mol. The van der Waals surface area contributed by atoms with Gasteiger partial charge in [0.25, 0.3) is 5.91 Å². The normalized spacial score (nSPS) is 24.8. The number of hydrogen-bond donors (Lipinski definition) is 1. The smallest absolute Gasteiger partial charge is 0.346 e. The summed E-state index contributed by atoms with van der Waals surface area (Å²) in [5, 5.41) is 7.15. The molecule has 2 heterocycles. The second kappa shape index (κ2) is 6.51. The molecule has 2 aliphatic carbocycles. The van der Waals surface area contributed by atoms with Crippen LogP contribution >= 0.6 is 11.3 Å². The van der Waals surface area contributed by atoms with Gasteiger partial charge in [0.15, 0.2) is 0 Å². The van der Waals surface area contributed by atoms with Crippen LogP contribution in [0.4, 0.5) is 13.2 Å². The number of allylic oxidation sites excluding steroid dienone is 1. The van der Waals surface area contributed by atoms with Crippen LogP contribution in [0.5, 0.6) is 0 Å². The first-order valence-electron chi connectivity index (χ1n) is 8.96. The van der Waals surface area contributed by atoms with Gasteiger partial charge in [-0.05, 0) is 49.8 Å². The molecule has 2 aromatic heterocycles. The molecule has 4 nitrogen and oxygen atoms in total. The Morgan fingerprint density at radius 3 is 2.96 bits per heavy atom. The lowest BCUT2D eigenvalue weighted by molar-refractivity contribution is -0.143. The molecule has 2 atom stereocenters. The number of carbonyl (C=O) groups excluding carboxylic acids is 1. The summed E-state index contributed by atoms with van der Waals surface area (Å²) in [4.78, 5) is 13.8. The average Bonchev–Trinajstić information content (AvgIpc) is 3.20. The van der Waals surface area contributed by atoms with E-state index in [0.717, 1.165) is 36.4 Å². The molecular weight excluding hydrogens is 375 g/mol. The predicted octanol–water partition coefficient (Wildman–Crippen LogP) is 4.79. The Kier molecular flexibility index (Phi) is 4.41. The summed E-state index contributed by atoms with van der Waals surface area (Å²) in [5.74, 6) is 0.371. The van der Waals surface area contributed by atoms with E-state index in [1.807, 2.05) is 0 Å². The highest BCUT2D eigenvalue weighted by atomic mass is 32.1. The van der Waals surface area contributed by atoms with Gasteiger partial charge in [-0.15, -0.1) is 11.3 Å². The molecule has 0 aliphatic heterocycles. The van der Waals surface area contributed by atoms with Gasteiger partial charge in [-0.2, -0.15) is 18.3 Å². The van der Waals surface area contributed by atoms with Crippen LogP contribution in [0.25, 0.3) is 10.6 Å². The number of nitrogens with zero attached hydrogens (tertiary/aromatic N) is 2. The molecule has 0 spiro atoms. The molecule has 0 radical (unpaired) electrons. The van der Waals surface area contributed by atoms with Crippen molar-refractivity contribution in [1.82, 2.24) is 15.1 Å². The number of halogens is 3. The van der Waals surface area contributed by atoms with Crippen LogP contribution in [0.1, 0.15) is 47.5 Å². The monoisotopic (exact) mass is 395 g/mol. The summed E-state index contributed by atoms with van der Waals surface area (Å²) in [6, 6.07) is 4.33. The quantitative estimate of drug-likeness (QED) is 0.760. The average molecular weight is 395 g/mol. The maximum atomic E-state index is 13.0. The van der Waals surface area contributed by atoms with Gasteiger partial charge in [-0.25, -0.2) is 0 Å². The van der Waals surface area contributed by atoms with E-state index in [2.05, 4.69) is 22.6 Å². The SMILES string of the molecule is Cn1nc(-c2ccc(C(=O)NC34CC=CC(CCC3)C4)s2)cc1C(F)(F)F. The van der Waals surface area contributed by atoms with Crippen LogP contribution in [-0.2, 0) is 13.2 Å². The number of nitrogens with one attached hydrogen (secondary N) is 1. The van der Waals surface area contributed by atoms with Gasteiger partial charge in [0.2, 0.25) is 0 Å². The van der Waals surface area contributed by atoms with E-state index in [-0.39, 0.29) is 17.1 Å². The minimum atomic E-state index is -4.46. The summed E-state index contributed by atoms with van der Waals surface area (Å²) in [6.07, 6.45) is 4.96. The van der Waals surface area contributed by atoms with E-state index in [4.69, 9.17) is 0 Å². The number of amides is 1. The highest BCUT2D eigenvalue weighted by molar-refractivity contribution is 7.17. The number of carbonyl (C=O) groups is 1. The zero-order chi connectivity index (χ0) is 19.2. The first-order chi connectivity index (χ1) is 12.8. The fraction of sp³-hybridized carbons (Fsp3) is 0.474. The van der Waals surface area contributed by atoms with Crippen LogP contribution in [0.15, 0.2) is 30.4 Å². The van der Waals surface area contributed by atoms with E-state index < -0.39 is 11.9 Å². The van der Waals surface area contributed by atoms with Crippen molar-refractivity contribution in [3.8, 4) is 10.6 Å². The lowest BCUT2D eigenvalue weighted by Gasteiger charge is -2.43. The molecule has 2 unspecified atom stereocenters. The molecule has 2 bridgehead atoms. The molecular formula is C19H20F3N3OS. The highest BCUT2D eigenvalue weighted by Crippen LogP contribution is 2.40. The van der Waals surface area contributed by atoms with Gasteiger partial charge in [-0.1, -0.05) is 18.6 Å². The molecule has 1 saturated carbocycles. The Bertz CT molecular complexity index is 898. The van der Waals surface area contributed by atoms with Crippen molar-refractivity contribution in [2.45, 2.75) is 43.8 Å². The molecule has 4 rings (SSSR count). The first-order valence-corrected chi connectivity index (χ1v) is 9.78. The molecule has 27 heavy (non-hydrogen) atoms. The Hall–Kier alpha value is -2.09. The minimum absolute atomic E-state index is 0.158. The second-order valence-corrected chi connectivity index (χ2v) is 8.51. The fourth-order valence-electron chi connectivity index (χ4n) is 4.16. The molecule has 1 N–H and O–H groups in total. The van der Waals surface area contributed by atoms with E-state index in [0.29, 0.717) is 15.7 Å². The molecule has 2 aliphatic rings. The molecule has 8 heteroatoms. The van der Waals surface area contributed by atoms with Crippen molar-refractivity contribution in [2.24, 2.45) is 13.0 Å². The lowest BCUT2D eigenvalue weighted by atomic mass is 9.70. The Balaban J connectivity index is 1.53. The standard InChI is InChI=1S/C19H20F3N3OS/c1-25-16(19(20,21)22)10-13(24-25)14-6-7-15(27-14)17(26)23-18-8-2-4-12(11-18)5-3-9-18/h2,4,6-7,10,12H,3,5,8-9,11H2,1H3,(H,23,26). The summed E-state index contributed by atoms with van der Waals surface area (Å²) >= 11 is 1.17. The number of rotatable bonds is 3. The van der Waals surface area contributed by atoms with Crippen LogP contribution in [0.3, 0.4) is 0 Å². The third-order valence-corrected chi connectivity index (χ3v) is 6.54. The summed E-state index contributed by atoms with van der Waals surface area (Å²) in [6.45, 7) is 0. The minimum Gasteiger partial charge on any atom is -0.346 e. The summed E-state index contributed by atoms with van der Waals surface area (Å²) in [7, 11) is 1.27. The van der Waals surface area contributed by atoms with Crippen molar-refractivity contribution in [1.29, 1.82) is 0 Å². The first kappa shape index (κ1) is 18.3. The van der Waals surface area contributed by atoms with Crippen molar-refractivity contribution >= 4 is 17.2 Å². The zero-order valence-electron chi connectivity index (χ0n) is 14.8. The summed E-state index contributed by atoms with van der Waals surface area (Å²) < 4.78 is 39.7. The van der Waals surface area contributed by atoms with E-state index >= 15 is 0 Å². The van der Waals surface area contributed by atoms with Crippen molar-refractivity contribution in [3.63, 3.8) is 0 Å². The molecule has 0 aromatic carbocycles. The zero-order valence-corrected chi connectivity index (χ0v) is 15.7. The number of fused-ring (bicyclic) bond motifs is 2. The van der Waals surface area contributed by atoms with Crippen molar-refractivity contribution in [2.75, 3.05) is 0 Å². The fourth-order valence-corrected chi connectivity index (χ4v) is 5.02. The number of thiophene rings is 1. The van der Waals surface area contributed by atoms with Crippen molar-refractivity contribution < 1.29 is 18.0 Å². The molecule has 2 aromatic rings. The second-order valence-electron chi connectivity index (χ2n) is 7.42. The van der Waals surface area contributed by atoms with E-state index in [1.54, 1.807) is 12.1 Å². The van der Waals surface area contributed by atoms with Gasteiger partial charge < -0.3 is 5.32 Å². The highest BCUT2D eigenvalue weighted by Gasteiger charge is 2.39. The van der Waals surface area contributed by atoms with Crippen molar-refractivity contribution in [3.05, 3.63) is 40.9 Å². The molecule has 0 saturated heterocycles. The van der Waals surface area contributed by atoms with Gasteiger partial charge >= 0.3 is 6.18 Å². The summed E-state index contributed by atoms with van der Waals surface area (Å²) in [5.41, 5.74) is -0.767.